The van der Waals surface area contributed by atoms with Crippen molar-refractivity contribution >= 4 is 18.3 Å². The Kier molecular flexibility index (Phi) is 6.26. The second-order valence-electron chi connectivity index (χ2n) is 4.90. The van der Waals surface area contributed by atoms with Crippen LogP contribution in [0.1, 0.15) is 6.92 Å². The fourth-order valence-corrected chi connectivity index (χ4v) is 2.01. The van der Waals surface area contributed by atoms with Gasteiger partial charge in [0.05, 0.1) is 26.3 Å². The number of aliphatic hydroxyl groups is 1. The van der Waals surface area contributed by atoms with Crippen molar-refractivity contribution in [3.8, 4) is 11.5 Å². The summed E-state index contributed by atoms with van der Waals surface area (Å²) in [5.41, 5.74) is 5.61. The van der Waals surface area contributed by atoms with E-state index in [1.807, 2.05) is 24.3 Å². The Bertz CT molecular complexity index is 478. The normalized spacial score (nSPS) is 17.2. The zero-order chi connectivity index (χ0) is 14.7. The van der Waals surface area contributed by atoms with Gasteiger partial charge in [0.2, 0.25) is 5.91 Å². The second kappa shape index (κ2) is 7.49. The topological polar surface area (TPSA) is 85.0 Å². The van der Waals surface area contributed by atoms with Gasteiger partial charge >= 0.3 is 0 Å². The van der Waals surface area contributed by atoms with E-state index in [1.54, 1.807) is 12.0 Å². The summed E-state index contributed by atoms with van der Waals surface area (Å²) in [4.78, 5) is 13.4. The van der Waals surface area contributed by atoms with Crippen LogP contribution in [0.3, 0.4) is 0 Å². The van der Waals surface area contributed by atoms with E-state index in [2.05, 4.69) is 0 Å². The number of nitrogens with zero attached hydrogens (tertiary/aromatic N) is 1. The van der Waals surface area contributed by atoms with Gasteiger partial charge in [0.15, 0.2) is 11.5 Å². The van der Waals surface area contributed by atoms with Gasteiger partial charge in [0, 0.05) is 0 Å². The molecule has 6 nitrogen and oxygen atoms in total. The van der Waals surface area contributed by atoms with E-state index in [1.165, 1.54) is 6.92 Å². The van der Waals surface area contributed by atoms with Crippen LogP contribution in [-0.4, -0.2) is 54.4 Å². The van der Waals surface area contributed by atoms with Gasteiger partial charge in [-0.15, -0.1) is 12.4 Å². The van der Waals surface area contributed by atoms with E-state index >= 15 is 0 Å². The lowest BCUT2D eigenvalue weighted by molar-refractivity contribution is -0.143. The van der Waals surface area contributed by atoms with Gasteiger partial charge in [-0.25, -0.2) is 0 Å². The van der Waals surface area contributed by atoms with Crippen LogP contribution < -0.4 is 15.2 Å². The van der Waals surface area contributed by atoms with Gasteiger partial charge in [-0.1, -0.05) is 12.1 Å². The van der Waals surface area contributed by atoms with Crippen molar-refractivity contribution in [3.05, 3.63) is 24.3 Å². The summed E-state index contributed by atoms with van der Waals surface area (Å²) in [6, 6.07) is 6.50. The maximum Gasteiger partial charge on any atom is 0.242 e. The number of halogens is 1. The third kappa shape index (κ3) is 4.00. The van der Waals surface area contributed by atoms with Crippen LogP contribution in [0.5, 0.6) is 11.5 Å². The van der Waals surface area contributed by atoms with Crippen LogP contribution in [0, 0.1) is 0 Å². The third-order valence-corrected chi connectivity index (χ3v) is 3.33. The second-order valence-corrected chi connectivity index (χ2v) is 4.90. The van der Waals surface area contributed by atoms with Gasteiger partial charge < -0.3 is 25.2 Å². The average Bonchev–Trinajstić information content (AvgIpc) is 2.41. The number of methoxy groups -OCH3 is 1. The first-order valence-electron chi connectivity index (χ1n) is 6.55. The Balaban J connectivity index is 0.00000220. The van der Waals surface area contributed by atoms with E-state index in [0.29, 0.717) is 24.6 Å². The first-order chi connectivity index (χ1) is 9.52. The van der Waals surface area contributed by atoms with E-state index in [4.69, 9.17) is 15.2 Å². The SMILES string of the molecule is COc1ccccc1OC1CN(C(=O)[C@@H](N)[C@@H](C)O)C1.Cl. The van der Waals surface area contributed by atoms with Gasteiger partial charge in [0.25, 0.3) is 0 Å². The van der Waals surface area contributed by atoms with Crippen molar-refractivity contribution in [3.63, 3.8) is 0 Å². The van der Waals surface area contributed by atoms with Gasteiger partial charge in [0.1, 0.15) is 12.1 Å². The molecule has 7 heteroatoms. The highest BCUT2D eigenvalue weighted by atomic mass is 35.5. The summed E-state index contributed by atoms with van der Waals surface area (Å²) in [5.74, 6) is 1.07. The zero-order valence-electron chi connectivity index (χ0n) is 12.1. The molecule has 1 amide bonds. The molecule has 2 atom stereocenters. The number of likely N-dealkylation sites (tertiary alicyclic amines) is 1. The van der Waals surface area contributed by atoms with Crippen LogP contribution in [0.15, 0.2) is 24.3 Å². The van der Waals surface area contributed by atoms with Crippen LogP contribution in [0.2, 0.25) is 0 Å². The minimum atomic E-state index is -0.873. The molecule has 1 saturated heterocycles. The van der Waals surface area contributed by atoms with Gasteiger partial charge in [-0.2, -0.15) is 0 Å². The standard InChI is InChI=1S/C14H20N2O4.ClH/c1-9(17)13(15)14(18)16-7-10(8-16)20-12-6-4-3-5-11(12)19-2;/h3-6,9-10,13,17H,7-8,15H2,1-2H3;1H/t9-,13+;/m1./s1. The molecule has 0 spiro atoms. The lowest BCUT2D eigenvalue weighted by atomic mass is 10.1. The molecule has 1 heterocycles. The molecule has 118 valence electrons. The quantitative estimate of drug-likeness (QED) is 0.822. The van der Waals surface area contributed by atoms with Crippen molar-refractivity contribution in [2.75, 3.05) is 20.2 Å². The lowest BCUT2D eigenvalue weighted by Gasteiger charge is -2.40. The number of rotatable bonds is 5. The Morgan fingerprint density at radius 3 is 2.48 bits per heavy atom. The summed E-state index contributed by atoms with van der Waals surface area (Å²) in [6.07, 6.45) is -0.923. The molecule has 1 fully saturated rings. The molecule has 0 radical (unpaired) electrons. The van der Waals surface area contributed by atoms with Crippen molar-refractivity contribution < 1.29 is 19.4 Å². The van der Waals surface area contributed by atoms with E-state index in [-0.39, 0.29) is 24.4 Å². The maximum atomic E-state index is 11.8. The third-order valence-electron chi connectivity index (χ3n) is 3.33. The number of carbonyl (C=O) groups excluding carboxylic acids is 1. The van der Waals surface area contributed by atoms with Gasteiger partial charge in [-0.3, -0.25) is 4.79 Å². The first-order valence-corrected chi connectivity index (χ1v) is 6.55. The minimum Gasteiger partial charge on any atom is -0.493 e. The molecule has 2 rings (SSSR count). The van der Waals surface area contributed by atoms with Crippen molar-refractivity contribution in [2.24, 2.45) is 5.73 Å². The maximum absolute atomic E-state index is 11.8. The predicted molar refractivity (Wildman–Crippen MR) is 80.9 cm³/mol. The molecule has 0 aromatic heterocycles. The molecule has 0 unspecified atom stereocenters. The van der Waals surface area contributed by atoms with E-state index in [0.717, 1.165) is 0 Å². The molecule has 1 aliphatic rings. The van der Waals surface area contributed by atoms with Crippen molar-refractivity contribution in [1.29, 1.82) is 0 Å². The monoisotopic (exact) mass is 316 g/mol. The number of para-hydroxylation sites is 2. The molecular formula is C14H21ClN2O4. The summed E-state index contributed by atoms with van der Waals surface area (Å²) in [5, 5.41) is 9.31. The number of hydrogen-bond acceptors (Lipinski definition) is 5. The Labute approximate surface area is 130 Å². The molecule has 3 N–H and O–H groups in total. The minimum absolute atomic E-state index is 0. The highest BCUT2D eigenvalue weighted by Crippen LogP contribution is 2.28. The van der Waals surface area contributed by atoms with E-state index in [9.17, 15) is 9.90 Å². The number of aliphatic hydroxyl groups excluding tert-OH is 1. The smallest absolute Gasteiger partial charge is 0.242 e. The molecule has 21 heavy (non-hydrogen) atoms. The molecule has 0 bridgehead atoms. The van der Waals surface area contributed by atoms with Crippen molar-refractivity contribution in [1.82, 2.24) is 4.90 Å². The van der Waals surface area contributed by atoms with Crippen LogP contribution in [0.4, 0.5) is 0 Å². The number of nitrogens with two attached hydrogens (primary N) is 1. The lowest BCUT2D eigenvalue weighted by Crippen LogP contribution is -2.61. The molecule has 1 aromatic carbocycles. The Morgan fingerprint density at radius 1 is 1.38 bits per heavy atom. The number of amides is 1. The fraction of sp³-hybridized carbons (Fsp3) is 0.500. The van der Waals surface area contributed by atoms with Crippen molar-refractivity contribution in [2.45, 2.75) is 25.2 Å². The largest absolute Gasteiger partial charge is 0.493 e. The molecule has 0 saturated carbocycles. The molecular weight excluding hydrogens is 296 g/mol. The molecule has 1 aromatic rings. The number of hydrogen-bond donors (Lipinski definition) is 2. The van der Waals surface area contributed by atoms with Crippen LogP contribution in [0.25, 0.3) is 0 Å². The summed E-state index contributed by atoms with van der Waals surface area (Å²) < 4.78 is 11.0. The summed E-state index contributed by atoms with van der Waals surface area (Å²) in [7, 11) is 1.58. The van der Waals surface area contributed by atoms with E-state index < -0.39 is 12.1 Å². The van der Waals surface area contributed by atoms with Crippen LogP contribution in [-0.2, 0) is 4.79 Å². The highest BCUT2D eigenvalue weighted by Gasteiger charge is 2.36. The predicted octanol–water partition coefficient (Wildman–Crippen LogP) is 0.415. The number of carbonyl (C=O) groups is 1. The molecule has 1 aliphatic heterocycles. The number of benzene rings is 1. The summed E-state index contributed by atoms with van der Waals surface area (Å²) >= 11 is 0. The Morgan fingerprint density at radius 2 is 1.95 bits per heavy atom. The molecule has 0 aliphatic carbocycles. The van der Waals surface area contributed by atoms with Gasteiger partial charge in [-0.05, 0) is 19.1 Å². The average molecular weight is 317 g/mol. The fourth-order valence-electron chi connectivity index (χ4n) is 2.01. The highest BCUT2D eigenvalue weighted by molar-refractivity contribution is 5.85. The van der Waals surface area contributed by atoms with Crippen LogP contribution >= 0.6 is 12.4 Å². The Hall–Kier alpha value is -1.50. The first kappa shape index (κ1) is 17.6. The zero-order valence-corrected chi connectivity index (χ0v) is 12.9. The summed E-state index contributed by atoms with van der Waals surface area (Å²) in [6.45, 7) is 2.44. The number of ether oxygens (including phenoxy) is 2.